The first-order valence-electron chi connectivity index (χ1n) is 7.12. The molecule has 1 N–H and O–H groups in total. The molecule has 0 unspecified atom stereocenters. The fourth-order valence-electron chi connectivity index (χ4n) is 2.89. The standard InChI is InChI=1S/C17H20NO4/c1-16(2)10-12(17(3,4)18(16)22)15(21)9-14(20)11-7-5-6-8-13(11)19/h5-8,10,19H,9H2,1-4H3. The molecule has 0 fully saturated rings. The average molecular weight is 302 g/mol. The topological polar surface area (TPSA) is 77.5 Å². The van der Waals surface area contributed by atoms with Crippen molar-refractivity contribution in [3.8, 4) is 5.75 Å². The lowest BCUT2D eigenvalue weighted by atomic mass is 9.90. The number of rotatable bonds is 4. The third-order valence-corrected chi connectivity index (χ3v) is 4.01. The van der Waals surface area contributed by atoms with Gasteiger partial charge in [-0.15, -0.1) is 10.3 Å². The minimum Gasteiger partial charge on any atom is -0.507 e. The fraction of sp³-hybridized carbons (Fsp3) is 0.412. The molecule has 1 aliphatic heterocycles. The van der Waals surface area contributed by atoms with Crippen LogP contribution in [0.25, 0.3) is 0 Å². The lowest BCUT2D eigenvalue weighted by molar-refractivity contribution is -0.238. The number of hydrogen-bond acceptors (Lipinski definition) is 4. The molecule has 5 nitrogen and oxygen atoms in total. The molecule has 22 heavy (non-hydrogen) atoms. The summed E-state index contributed by atoms with van der Waals surface area (Å²) in [5, 5.41) is 22.8. The summed E-state index contributed by atoms with van der Waals surface area (Å²) in [6.45, 7) is 6.80. The Hall–Kier alpha value is -1.98. The second kappa shape index (κ2) is 5.34. The molecular weight excluding hydrogens is 282 g/mol. The highest BCUT2D eigenvalue weighted by Gasteiger charge is 2.48. The van der Waals surface area contributed by atoms with Gasteiger partial charge in [-0.25, -0.2) is 0 Å². The Labute approximate surface area is 129 Å². The lowest BCUT2D eigenvalue weighted by Crippen LogP contribution is -2.47. The van der Waals surface area contributed by atoms with E-state index < -0.39 is 16.9 Å². The Morgan fingerprint density at radius 1 is 1.09 bits per heavy atom. The highest BCUT2D eigenvalue weighted by Crippen LogP contribution is 2.39. The second-order valence-electron chi connectivity index (χ2n) is 6.61. The van der Waals surface area contributed by atoms with Crippen LogP contribution in [0.2, 0.25) is 0 Å². The predicted octanol–water partition coefficient (Wildman–Crippen LogP) is 2.68. The first-order chi connectivity index (χ1) is 10.1. The Morgan fingerprint density at radius 2 is 1.68 bits per heavy atom. The average Bonchev–Trinajstić information content (AvgIpc) is 2.59. The Balaban J connectivity index is 2.23. The molecule has 0 spiro atoms. The largest absolute Gasteiger partial charge is 0.507 e. The van der Waals surface area contributed by atoms with Crippen LogP contribution in [0.15, 0.2) is 35.9 Å². The van der Waals surface area contributed by atoms with Gasteiger partial charge in [0.15, 0.2) is 11.6 Å². The summed E-state index contributed by atoms with van der Waals surface area (Å²) in [6, 6.07) is 6.11. The van der Waals surface area contributed by atoms with E-state index in [1.165, 1.54) is 12.1 Å². The van der Waals surface area contributed by atoms with E-state index in [1.54, 1.807) is 45.9 Å². The molecule has 0 saturated carbocycles. The predicted molar refractivity (Wildman–Crippen MR) is 80.8 cm³/mol. The van der Waals surface area contributed by atoms with Crippen LogP contribution in [0.4, 0.5) is 0 Å². The zero-order chi connectivity index (χ0) is 16.7. The number of para-hydroxylation sites is 1. The first-order valence-corrected chi connectivity index (χ1v) is 7.12. The normalized spacial score (nSPS) is 19.8. The van der Waals surface area contributed by atoms with Crippen LogP contribution >= 0.6 is 0 Å². The molecule has 1 aromatic rings. The molecule has 2 rings (SSSR count). The van der Waals surface area contributed by atoms with Gasteiger partial charge in [-0.2, -0.15) is 0 Å². The number of ketones is 2. The van der Waals surface area contributed by atoms with Gasteiger partial charge in [0.05, 0.1) is 23.1 Å². The summed E-state index contributed by atoms with van der Waals surface area (Å²) < 4.78 is 0. The molecule has 1 aromatic carbocycles. The van der Waals surface area contributed by atoms with Gasteiger partial charge in [-0.05, 0) is 39.8 Å². The number of carbonyl (C=O) groups excluding carboxylic acids is 2. The number of phenols is 1. The van der Waals surface area contributed by atoms with Gasteiger partial charge >= 0.3 is 0 Å². The van der Waals surface area contributed by atoms with Crippen molar-refractivity contribution in [2.75, 3.05) is 0 Å². The highest BCUT2D eigenvalue weighted by molar-refractivity contribution is 6.15. The maximum absolute atomic E-state index is 12.5. The molecular formula is C17H20NO4. The van der Waals surface area contributed by atoms with Gasteiger partial charge in [0.25, 0.3) is 0 Å². The van der Waals surface area contributed by atoms with Gasteiger partial charge in [-0.3, -0.25) is 9.59 Å². The van der Waals surface area contributed by atoms with Crippen molar-refractivity contribution < 1.29 is 19.9 Å². The van der Waals surface area contributed by atoms with Gasteiger partial charge in [0.2, 0.25) is 0 Å². The maximum Gasteiger partial charge on any atom is 0.174 e. The second-order valence-corrected chi connectivity index (χ2v) is 6.61. The molecule has 5 heteroatoms. The van der Waals surface area contributed by atoms with Crippen LogP contribution in [0.5, 0.6) is 5.75 Å². The molecule has 0 aliphatic carbocycles. The highest BCUT2D eigenvalue weighted by atomic mass is 16.5. The molecule has 1 aliphatic rings. The molecule has 0 bridgehead atoms. The summed E-state index contributed by atoms with van der Waals surface area (Å²) in [5.41, 5.74) is -1.30. The Bertz CT molecular complexity index is 658. The van der Waals surface area contributed by atoms with Crippen LogP contribution in [0, 0.1) is 0 Å². The SMILES string of the molecule is CC1(C)C=C(C(=O)CC(=O)c2ccccc2O)C(C)(C)N1[O]. The number of carbonyl (C=O) groups is 2. The summed E-state index contributed by atoms with van der Waals surface area (Å²) in [6.07, 6.45) is 1.26. The van der Waals surface area contributed by atoms with E-state index in [0.29, 0.717) is 5.57 Å². The van der Waals surface area contributed by atoms with Gasteiger partial charge in [0, 0.05) is 5.57 Å². The van der Waals surface area contributed by atoms with E-state index in [9.17, 15) is 19.9 Å². The van der Waals surface area contributed by atoms with Crippen molar-refractivity contribution in [3.63, 3.8) is 0 Å². The number of Topliss-reactive ketones (excluding diaryl/α,β-unsaturated/α-hetero) is 2. The first kappa shape index (κ1) is 16.4. The van der Waals surface area contributed by atoms with E-state index in [4.69, 9.17) is 0 Å². The smallest absolute Gasteiger partial charge is 0.174 e. The Morgan fingerprint density at radius 3 is 2.18 bits per heavy atom. The molecule has 117 valence electrons. The third-order valence-electron chi connectivity index (χ3n) is 4.01. The summed E-state index contributed by atoms with van der Waals surface area (Å²) in [5.74, 6) is -0.989. The maximum atomic E-state index is 12.5. The molecule has 1 radical (unpaired) electrons. The number of phenolic OH excluding ortho intramolecular Hbond substituents is 1. The van der Waals surface area contributed by atoms with E-state index >= 15 is 0 Å². The van der Waals surface area contributed by atoms with Gasteiger partial charge in [-0.1, -0.05) is 18.2 Å². The number of benzene rings is 1. The van der Waals surface area contributed by atoms with E-state index in [1.807, 2.05) is 0 Å². The van der Waals surface area contributed by atoms with Crippen molar-refractivity contribution in [2.24, 2.45) is 0 Å². The minimum absolute atomic E-state index is 0.116. The van der Waals surface area contributed by atoms with E-state index in [2.05, 4.69) is 0 Å². The summed E-state index contributed by atoms with van der Waals surface area (Å²) >= 11 is 0. The van der Waals surface area contributed by atoms with E-state index in [-0.39, 0.29) is 23.5 Å². The summed E-state index contributed by atoms with van der Waals surface area (Å²) in [4.78, 5) is 24.6. The van der Waals surface area contributed by atoms with Crippen molar-refractivity contribution in [3.05, 3.63) is 41.5 Å². The van der Waals surface area contributed by atoms with Crippen LogP contribution in [-0.2, 0) is 10.0 Å². The van der Waals surface area contributed by atoms with Gasteiger partial charge < -0.3 is 5.11 Å². The van der Waals surface area contributed by atoms with Crippen molar-refractivity contribution >= 4 is 11.6 Å². The fourth-order valence-corrected chi connectivity index (χ4v) is 2.89. The number of nitrogens with zero attached hydrogens (tertiary/aromatic N) is 1. The molecule has 0 saturated heterocycles. The van der Waals surface area contributed by atoms with Crippen LogP contribution < -0.4 is 0 Å². The summed E-state index contributed by atoms with van der Waals surface area (Å²) in [7, 11) is 0. The number of aromatic hydroxyl groups is 1. The Kier molecular flexibility index (Phi) is 3.98. The molecule has 0 aromatic heterocycles. The lowest BCUT2D eigenvalue weighted by Gasteiger charge is -2.33. The van der Waals surface area contributed by atoms with Gasteiger partial charge in [0.1, 0.15) is 5.75 Å². The van der Waals surface area contributed by atoms with Crippen LogP contribution in [0.3, 0.4) is 0 Å². The van der Waals surface area contributed by atoms with Crippen LogP contribution in [0.1, 0.15) is 44.5 Å². The molecule has 1 heterocycles. The molecule has 0 atom stereocenters. The number of hydroxylamine groups is 2. The van der Waals surface area contributed by atoms with Crippen molar-refractivity contribution in [2.45, 2.75) is 45.2 Å². The zero-order valence-electron chi connectivity index (χ0n) is 13.2. The molecule has 0 amide bonds. The monoisotopic (exact) mass is 302 g/mol. The quantitative estimate of drug-likeness (QED) is 0.685. The van der Waals surface area contributed by atoms with Crippen molar-refractivity contribution in [1.29, 1.82) is 0 Å². The third kappa shape index (κ3) is 2.69. The van der Waals surface area contributed by atoms with Crippen molar-refractivity contribution in [1.82, 2.24) is 5.06 Å². The van der Waals surface area contributed by atoms with E-state index in [0.717, 1.165) is 5.06 Å². The number of hydrogen-bond donors (Lipinski definition) is 1. The zero-order valence-corrected chi connectivity index (χ0v) is 13.2. The minimum atomic E-state index is -0.973. The van der Waals surface area contributed by atoms with Crippen LogP contribution in [-0.4, -0.2) is 32.8 Å².